The maximum Gasteiger partial charge on any atom is 0.231 e. The lowest BCUT2D eigenvalue weighted by Crippen LogP contribution is -2.26. The molecule has 0 unspecified atom stereocenters. The Morgan fingerprint density at radius 3 is 2.80 bits per heavy atom. The third-order valence-electron chi connectivity index (χ3n) is 3.33. The summed E-state index contributed by atoms with van der Waals surface area (Å²) in [6, 6.07) is 3.16. The van der Waals surface area contributed by atoms with E-state index in [1.54, 1.807) is 13.2 Å². The quantitative estimate of drug-likeness (QED) is 0.844. The Morgan fingerprint density at radius 1 is 1.40 bits per heavy atom. The normalized spacial score (nSPS) is 15.4. The molecule has 1 aliphatic rings. The lowest BCUT2D eigenvalue weighted by Gasteiger charge is -2.20. The van der Waals surface area contributed by atoms with E-state index in [9.17, 15) is 5.11 Å². The molecule has 2 rings (SSSR count). The van der Waals surface area contributed by atoms with Gasteiger partial charge in [-0.15, -0.1) is 12.4 Å². The van der Waals surface area contributed by atoms with Gasteiger partial charge in [0.1, 0.15) is 0 Å². The second kappa shape index (κ2) is 7.57. The standard InChI is InChI=1S/C14H21NO4.ClH/c1-3-4-5-10(16)13(15)9-6-11(17-2)14-12(7-9)18-8-19-14;/h6-7,10,13,16H,3-5,8,15H2,1-2H3;1H/t10-,13+;/m1./s1. The van der Waals surface area contributed by atoms with Crippen LogP contribution in [0.1, 0.15) is 37.8 Å². The van der Waals surface area contributed by atoms with Crippen LogP contribution in [-0.4, -0.2) is 25.1 Å². The molecule has 0 fully saturated rings. The SMILES string of the molecule is CCCC[C@@H](O)[C@@H](N)c1cc(OC)c2c(c1)OCO2.Cl. The number of aliphatic hydroxyl groups is 1. The summed E-state index contributed by atoms with van der Waals surface area (Å²) in [4.78, 5) is 0. The van der Waals surface area contributed by atoms with Crippen LogP contribution in [0.3, 0.4) is 0 Å². The van der Waals surface area contributed by atoms with E-state index < -0.39 is 12.1 Å². The maximum absolute atomic E-state index is 10.1. The summed E-state index contributed by atoms with van der Waals surface area (Å²) >= 11 is 0. The molecule has 3 N–H and O–H groups in total. The van der Waals surface area contributed by atoms with Crippen LogP contribution >= 0.6 is 12.4 Å². The molecule has 0 aromatic heterocycles. The predicted octanol–water partition coefficient (Wildman–Crippen LogP) is 2.40. The van der Waals surface area contributed by atoms with E-state index in [1.165, 1.54) is 0 Å². The highest BCUT2D eigenvalue weighted by atomic mass is 35.5. The molecule has 5 nitrogen and oxygen atoms in total. The fourth-order valence-corrected chi connectivity index (χ4v) is 2.16. The fourth-order valence-electron chi connectivity index (χ4n) is 2.16. The number of hydrogen-bond acceptors (Lipinski definition) is 5. The van der Waals surface area contributed by atoms with Gasteiger partial charge in [0.05, 0.1) is 19.3 Å². The highest BCUT2D eigenvalue weighted by Gasteiger charge is 2.24. The highest BCUT2D eigenvalue weighted by Crippen LogP contribution is 2.43. The molecule has 0 saturated heterocycles. The molecule has 1 aromatic carbocycles. The Labute approximate surface area is 125 Å². The average molecular weight is 304 g/mol. The minimum absolute atomic E-state index is 0. The summed E-state index contributed by atoms with van der Waals surface area (Å²) in [6.45, 7) is 2.27. The first-order chi connectivity index (χ1) is 9.17. The van der Waals surface area contributed by atoms with Crippen LogP contribution in [0.5, 0.6) is 17.2 Å². The summed E-state index contributed by atoms with van der Waals surface area (Å²) in [6.07, 6.45) is 2.11. The monoisotopic (exact) mass is 303 g/mol. The van der Waals surface area contributed by atoms with Crippen molar-refractivity contribution >= 4 is 12.4 Å². The van der Waals surface area contributed by atoms with Crippen molar-refractivity contribution in [3.63, 3.8) is 0 Å². The number of rotatable bonds is 6. The summed E-state index contributed by atoms with van der Waals surface area (Å²) in [5, 5.41) is 10.1. The van der Waals surface area contributed by atoms with E-state index in [0.29, 0.717) is 23.7 Å². The number of hydrogen-bond donors (Lipinski definition) is 2. The Balaban J connectivity index is 0.00000200. The van der Waals surface area contributed by atoms with Crippen LogP contribution in [-0.2, 0) is 0 Å². The lowest BCUT2D eigenvalue weighted by atomic mass is 9.97. The molecular formula is C14H22ClNO4. The molecule has 0 radical (unpaired) electrons. The van der Waals surface area contributed by atoms with Gasteiger partial charge in [0.2, 0.25) is 12.5 Å². The van der Waals surface area contributed by atoms with Crippen LogP contribution in [0.25, 0.3) is 0 Å². The third kappa shape index (κ3) is 3.48. The summed E-state index contributed by atoms with van der Waals surface area (Å²) in [7, 11) is 1.57. The van der Waals surface area contributed by atoms with Gasteiger partial charge in [-0.25, -0.2) is 0 Å². The summed E-state index contributed by atoms with van der Waals surface area (Å²) in [5.74, 6) is 1.80. The average Bonchev–Trinajstić information content (AvgIpc) is 2.90. The van der Waals surface area contributed by atoms with Gasteiger partial charge in [-0.2, -0.15) is 0 Å². The Bertz CT molecular complexity index is 441. The van der Waals surface area contributed by atoms with Crippen molar-refractivity contribution in [3.05, 3.63) is 17.7 Å². The molecule has 1 aromatic rings. The highest BCUT2D eigenvalue weighted by molar-refractivity contribution is 5.85. The zero-order valence-corrected chi connectivity index (χ0v) is 12.6. The first-order valence-electron chi connectivity index (χ1n) is 6.58. The van der Waals surface area contributed by atoms with Crippen molar-refractivity contribution in [3.8, 4) is 17.2 Å². The molecule has 20 heavy (non-hydrogen) atoms. The number of fused-ring (bicyclic) bond motifs is 1. The molecule has 6 heteroatoms. The van der Waals surface area contributed by atoms with Gasteiger partial charge in [0.15, 0.2) is 11.5 Å². The number of aliphatic hydroxyl groups excluding tert-OH is 1. The number of benzene rings is 1. The summed E-state index contributed by atoms with van der Waals surface area (Å²) in [5.41, 5.74) is 6.89. The Morgan fingerprint density at radius 2 is 2.15 bits per heavy atom. The molecule has 114 valence electrons. The van der Waals surface area contributed by atoms with E-state index in [4.69, 9.17) is 19.9 Å². The third-order valence-corrected chi connectivity index (χ3v) is 3.33. The molecule has 0 spiro atoms. The number of halogens is 1. The second-order valence-electron chi connectivity index (χ2n) is 4.69. The summed E-state index contributed by atoms with van der Waals surface area (Å²) < 4.78 is 15.9. The van der Waals surface area contributed by atoms with Crippen LogP contribution in [0.15, 0.2) is 12.1 Å². The topological polar surface area (TPSA) is 73.9 Å². The molecule has 0 aliphatic carbocycles. The van der Waals surface area contributed by atoms with E-state index in [0.717, 1.165) is 18.4 Å². The van der Waals surface area contributed by atoms with Crippen LogP contribution < -0.4 is 19.9 Å². The minimum atomic E-state index is -0.565. The van der Waals surface area contributed by atoms with E-state index >= 15 is 0 Å². The minimum Gasteiger partial charge on any atom is -0.493 e. The molecule has 1 heterocycles. The van der Waals surface area contributed by atoms with Gasteiger partial charge < -0.3 is 25.1 Å². The van der Waals surface area contributed by atoms with E-state index in [1.807, 2.05) is 6.07 Å². The lowest BCUT2D eigenvalue weighted by molar-refractivity contribution is 0.132. The van der Waals surface area contributed by atoms with Crippen molar-refractivity contribution in [1.82, 2.24) is 0 Å². The Kier molecular flexibility index (Phi) is 6.39. The number of nitrogens with two attached hydrogens (primary N) is 1. The van der Waals surface area contributed by atoms with Crippen LogP contribution in [0.2, 0.25) is 0 Å². The van der Waals surface area contributed by atoms with Crippen molar-refractivity contribution in [2.45, 2.75) is 38.3 Å². The maximum atomic E-state index is 10.1. The first-order valence-corrected chi connectivity index (χ1v) is 6.58. The van der Waals surface area contributed by atoms with Gasteiger partial charge >= 0.3 is 0 Å². The zero-order valence-electron chi connectivity index (χ0n) is 11.8. The fraction of sp³-hybridized carbons (Fsp3) is 0.571. The molecule has 1 aliphatic heterocycles. The van der Waals surface area contributed by atoms with Crippen molar-refractivity contribution < 1.29 is 19.3 Å². The van der Waals surface area contributed by atoms with E-state index in [2.05, 4.69) is 6.92 Å². The molecular weight excluding hydrogens is 282 g/mol. The van der Waals surface area contributed by atoms with Gasteiger partial charge in [0, 0.05) is 0 Å². The van der Waals surface area contributed by atoms with Gasteiger partial charge in [-0.3, -0.25) is 0 Å². The van der Waals surface area contributed by atoms with Gasteiger partial charge in [-0.1, -0.05) is 19.8 Å². The largest absolute Gasteiger partial charge is 0.493 e. The van der Waals surface area contributed by atoms with E-state index in [-0.39, 0.29) is 19.2 Å². The smallest absolute Gasteiger partial charge is 0.231 e. The van der Waals surface area contributed by atoms with Crippen LogP contribution in [0.4, 0.5) is 0 Å². The number of ether oxygens (including phenoxy) is 3. The zero-order chi connectivity index (χ0) is 13.8. The second-order valence-corrected chi connectivity index (χ2v) is 4.69. The molecule has 2 atom stereocenters. The van der Waals surface area contributed by atoms with Gasteiger partial charge in [-0.05, 0) is 24.1 Å². The van der Waals surface area contributed by atoms with Crippen molar-refractivity contribution in [1.29, 1.82) is 0 Å². The Hall–Kier alpha value is -1.17. The first kappa shape index (κ1) is 16.9. The van der Waals surface area contributed by atoms with Crippen molar-refractivity contribution in [2.75, 3.05) is 13.9 Å². The predicted molar refractivity (Wildman–Crippen MR) is 78.8 cm³/mol. The molecule has 0 amide bonds. The number of methoxy groups -OCH3 is 1. The van der Waals surface area contributed by atoms with Crippen molar-refractivity contribution in [2.24, 2.45) is 5.73 Å². The van der Waals surface area contributed by atoms with Gasteiger partial charge in [0.25, 0.3) is 0 Å². The molecule has 0 bridgehead atoms. The molecule has 0 saturated carbocycles. The number of unbranched alkanes of at least 4 members (excludes halogenated alkanes) is 1. The van der Waals surface area contributed by atoms with Crippen LogP contribution in [0, 0.1) is 0 Å².